The van der Waals surface area contributed by atoms with Crippen LogP contribution in [-0.4, -0.2) is 20.6 Å². The van der Waals surface area contributed by atoms with E-state index in [1.54, 1.807) is 12.1 Å². The van der Waals surface area contributed by atoms with E-state index in [4.69, 9.17) is 0 Å². The molecule has 2 aromatic rings. The number of carbonyl (C=O) groups is 1. The molecule has 23 heavy (non-hydrogen) atoms. The third kappa shape index (κ3) is 4.42. The van der Waals surface area contributed by atoms with Gasteiger partial charge in [0.2, 0.25) is 0 Å². The fourth-order valence-corrected chi connectivity index (χ4v) is 3.05. The van der Waals surface area contributed by atoms with Crippen LogP contribution in [-0.2, 0) is 9.84 Å². The molecule has 0 aliphatic heterocycles. The minimum Gasteiger partial charge on any atom is -0.345 e. The second-order valence-corrected chi connectivity index (χ2v) is 7.92. The zero-order chi connectivity index (χ0) is 17.0. The lowest BCUT2D eigenvalue weighted by atomic mass is 9.95. The molecule has 0 saturated carbocycles. The van der Waals surface area contributed by atoms with Gasteiger partial charge in [-0.15, -0.1) is 0 Å². The van der Waals surface area contributed by atoms with E-state index in [1.807, 2.05) is 44.2 Å². The topological polar surface area (TPSA) is 63.2 Å². The van der Waals surface area contributed by atoms with Crippen LogP contribution in [0.2, 0.25) is 0 Å². The van der Waals surface area contributed by atoms with Crippen molar-refractivity contribution >= 4 is 15.7 Å². The second-order valence-electron chi connectivity index (χ2n) is 5.91. The minimum atomic E-state index is -3.34. The Morgan fingerprint density at radius 1 is 1.00 bits per heavy atom. The van der Waals surface area contributed by atoms with Gasteiger partial charge in [-0.3, -0.25) is 4.79 Å². The Morgan fingerprint density at radius 3 is 2.22 bits per heavy atom. The van der Waals surface area contributed by atoms with E-state index >= 15 is 0 Å². The summed E-state index contributed by atoms with van der Waals surface area (Å²) < 4.78 is 23.3. The number of hydrogen-bond donors (Lipinski definition) is 1. The van der Waals surface area contributed by atoms with Crippen LogP contribution in [0.15, 0.2) is 59.5 Å². The van der Waals surface area contributed by atoms with E-state index in [0.29, 0.717) is 5.56 Å². The van der Waals surface area contributed by atoms with Gasteiger partial charge < -0.3 is 5.32 Å². The highest BCUT2D eigenvalue weighted by molar-refractivity contribution is 7.90. The number of rotatable bonds is 5. The van der Waals surface area contributed by atoms with Crippen LogP contribution in [0.5, 0.6) is 0 Å². The quantitative estimate of drug-likeness (QED) is 0.915. The molecule has 5 heteroatoms. The summed E-state index contributed by atoms with van der Waals surface area (Å²) in [5.74, 6) is -0.0718. The van der Waals surface area contributed by atoms with Gasteiger partial charge in [-0.1, -0.05) is 50.2 Å². The number of sulfone groups is 1. The number of amides is 1. The van der Waals surface area contributed by atoms with Crippen molar-refractivity contribution in [1.82, 2.24) is 5.32 Å². The first-order chi connectivity index (χ1) is 10.8. The maximum absolute atomic E-state index is 12.5. The molecule has 0 bridgehead atoms. The van der Waals surface area contributed by atoms with Crippen LogP contribution in [0.4, 0.5) is 0 Å². The molecule has 122 valence electrons. The molecule has 0 aliphatic carbocycles. The number of carbonyl (C=O) groups excluding carboxylic acids is 1. The van der Waals surface area contributed by atoms with Gasteiger partial charge in [-0.2, -0.15) is 0 Å². The largest absolute Gasteiger partial charge is 0.345 e. The van der Waals surface area contributed by atoms with Gasteiger partial charge in [0.05, 0.1) is 10.9 Å². The summed E-state index contributed by atoms with van der Waals surface area (Å²) >= 11 is 0. The molecule has 0 aromatic heterocycles. The van der Waals surface area contributed by atoms with E-state index in [0.717, 1.165) is 11.8 Å². The van der Waals surface area contributed by atoms with Crippen molar-refractivity contribution in [1.29, 1.82) is 0 Å². The van der Waals surface area contributed by atoms with E-state index in [1.165, 1.54) is 12.1 Å². The van der Waals surface area contributed by atoms with Crippen LogP contribution >= 0.6 is 0 Å². The third-order valence-electron chi connectivity index (χ3n) is 3.64. The van der Waals surface area contributed by atoms with Crippen molar-refractivity contribution in [2.75, 3.05) is 6.26 Å². The smallest absolute Gasteiger partial charge is 0.251 e. The number of hydrogen-bond acceptors (Lipinski definition) is 3. The lowest BCUT2D eigenvalue weighted by Crippen LogP contribution is -2.31. The molecule has 4 nitrogen and oxygen atoms in total. The van der Waals surface area contributed by atoms with Gasteiger partial charge in [0.15, 0.2) is 9.84 Å². The molecular formula is C18H21NO3S. The van der Waals surface area contributed by atoms with Crippen molar-refractivity contribution < 1.29 is 13.2 Å². The van der Waals surface area contributed by atoms with E-state index in [9.17, 15) is 13.2 Å². The minimum absolute atomic E-state index is 0.134. The van der Waals surface area contributed by atoms with Gasteiger partial charge in [-0.05, 0) is 29.7 Å². The van der Waals surface area contributed by atoms with Gasteiger partial charge in [0.1, 0.15) is 0 Å². The first-order valence-electron chi connectivity index (χ1n) is 7.45. The molecule has 2 aromatic carbocycles. The van der Waals surface area contributed by atoms with Crippen LogP contribution in [0.25, 0.3) is 0 Å². The van der Waals surface area contributed by atoms with Crippen LogP contribution in [0, 0.1) is 5.92 Å². The standard InChI is InChI=1S/C18H21NO3S/c1-13(2)17(14-8-5-4-6-9-14)19-18(20)15-10-7-11-16(12-15)23(3,21)22/h4-13,17H,1-3H3,(H,19,20)/t17-/m0/s1. The molecule has 1 amide bonds. The molecule has 1 atom stereocenters. The Morgan fingerprint density at radius 2 is 1.65 bits per heavy atom. The van der Waals surface area contributed by atoms with Crippen molar-refractivity contribution in [2.45, 2.75) is 24.8 Å². The van der Waals surface area contributed by atoms with Crippen LogP contribution < -0.4 is 5.32 Å². The van der Waals surface area contributed by atoms with Gasteiger partial charge in [0.25, 0.3) is 5.91 Å². The SMILES string of the molecule is CC(C)[C@H](NC(=O)c1cccc(S(C)(=O)=O)c1)c1ccccc1. The average molecular weight is 331 g/mol. The molecular weight excluding hydrogens is 310 g/mol. The molecule has 0 unspecified atom stereocenters. The van der Waals surface area contributed by atoms with Gasteiger partial charge in [-0.25, -0.2) is 8.42 Å². The number of benzene rings is 2. The maximum Gasteiger partial charge on any atom is 0.251 e. The average Bonchev–Trinajstić information content (AvgIpc) is 2.52. The molecule has 0 saturated heterocycles. The second kappa shape index (κ2) is 6.96. The van der Waals surface area contributed by atoms with Crippen molar-refractivity contribution in [3.63, 3.8) is 0 Å². The molecule has 0 radical (unpaired) electrons. The van der Waals surface area contributed by atoms with Crippen LogP contribution in [0.3, 0.4) is 0 Å². The molecule has 0 heterocycles. The van der Waals surface area contributed by atoms with E-state index in [-0.39, 0.29) is 22.8 Å². The first kappa shape index (κ1) is 17.2. The van der Waals surface area contributed by atoms with Crippen LogP contribution in [0.1, 0.15) is 35.8 Å². The Balaban J connectivity index is 2.27. The summed E-state index contributed by atoms with van der Waals surface area (Å²) in [7, 11) is -3.34. The highest BCUT2D eigenvalue weighted by Gasteiger charge is 2.19. The Hall–Kier alpha value is -2.14. The zero-order valence-corrected chi connectivity index (χ0v) is 14.3. The summed E-state index contributed by atoms with van der Waals surface area (Å²) in [4.78, 5) is 12.7. The van der Waals surface area contributed by atoms with E-state index < -0.39 is 9.84 Å². The fraction of sp³-hybridized carbons (Fsp3) is 0.278. The summed E-state index contributed by atoms with van der Waals surface area (Å²) in [6.07, 6.45) is 1.13. The zero-order valence-electron chi connectivity index (χ0n) is 13.5. The van der Waals surface area contributed by atoms with Crippen molar-refractivity contribution in [3.05, 3.63) is 65.7 Å². The molecule has 0 spiro atoms. The lowest BCUT2D eigenvalue weighted by molar-refractivity contribution is 0.0925. The first-order valence-corrected chi connectivity index (χ1v) is 9.34. The predicted octanol–water partition coefficient (Wildman–Crippen LogP) is 3.22. The Kier molecular flexibility index (Phi) is 5.21. The Labute approximate surface area is 137 Å². The Bertz CT molecular complexity index is 783. The van der Waals surface area contributed by atoms with E-state index in [2.05, 4.69) is 5.32 Å². The van der Waals surface area contributed by atoms with Gasteiger partial charge in [0, 0.05) is 11.8 Å². The molecule has 0 aliphatic rings. The monoisotopic (exact) mass is 331 g/mol. The third-order valence-corrected chi connectivity index (χ3v) is 4.75. The molecule has 1 N–H and O–H groups in total. The van der Waals surface area contributed by atoms with Crippen molar-refractivity contribution in [2.24, 2.45) is 5.92 Å². The summed E-state index contributed by atoms with van der Waals surface area (Å²) in [5, 5.41) is 2.99. The predicted molar refractivity (Wildman–Crippen MR) is 91.0 cm³/mol. The summed E-state index contributed by atoms with van der Waals surface area (Å²) in [6.45, 7) is 4.07. The van der Waals surface area contributed by atoms with Crippen molar-refractivity contribution in [3.8, 4) is 0 Å². The normalized spacial score (nSPS) is 12.9. The maximum atomic E-state index is 12.5. The summed E-state index contributed by atoms with van der Waals surface area (Å²) in [5.41, 5.74) is 1.37. The summed E-state index contributed by atoms with van der Waals surface area (Å²) in [6, 6.07) is 15.7. The fourth-order valence-electron chi connectivity index (χ4n) is 2.39. The lowest BCUT2D eigenvalue weighted by Gasteiger charge is -2.23. The molecule has 0 fully saturated rings. The molecule has 2 rings (SSSR count). The highest BCUT2D eigenvalue weighted by atomic mass is 32.2. The van der Waals surface area contributed by atoms with Gasteiger partial charge >= 0.3 is 0 Å². The highest BCUT2D eigenvalue weighted by Crippen LogP contribution is 2.22. The number of nitrogens with one attached hydrogen (secondary N) is 1.